The van der Waals surface area contributed by atoms with Gasteiger partial charge in [0.25, 0.3) is 0 Å². The third-order valence-corrected chi connectivity index (χ3v) is 5.67. The molecule has 28 heavy (non-hydrogen) atoms. The first-order chi connectivity index (χ1) is 13.5. The van der Waals surface area contributed by atoms with E-state index in [1.165, 1.54) is 19.3 Å². The molecular formula is C22H35N3O3. The maximum atomic E-state index is 13.1. The summed E-state index contributed by atoms with van der Waals surface area (Å²) < 4.78 is 5.13. The van der Waals surface area contributed by atoms with Crippen LogP contribution in [0.5, 0.6) is 5.75 Å². The van der Waals surface area contributed by atoms with Crippen LogP contribution in [0.2, 0.25) is 0 Å². The number of rotatable bonds is 9. The van der Waals surface area contributed by atoms with Crippen molar-refractivity contribution in [1.29, 1.82) is 0 Å². The van der Waals surface area contributed by atoms with Crippen LogP contribution in [0.4, 0.5) is 5.69 Å². The highest BCUT2D eigenvalue weighted by atomic mass is 16.5. The first kappa shape index (κ1) is 22.2. The van der Waals surface area contributed by atoms with Crippen molar-refractivity contribution < 1.29 is 14.3 Å². The number of likely N-dealkylation sites (N-methyl/N-ethyl adjacent to an activating group) is 2. The van der Waals surface area contributed by atoms with Gasteiger partial charge in [0.05, 0.1) is 19.7 Å². The first-order valence-electron chi connectivity index (χ1n) is 10.5. The Morgan fingerprint density at radius 2 is 1.75 bits per heavy atom. The van der Waals surface area contributed by atoms with Crippen molar-refractivity contribution in [3.05, 3.63) is 24.3 Å². The molecule has 6 nitrogen and oxygen atoms in total. The molecule has 0 saturated heterocycles. The van der Waals surface area contributed by atoms with Gasteiger partial charge in [0.1, 0.15) is 5.75 Å². The highest BCUT2D eigenvalue weighted by molar-refractivity contribution is 5.93. The van der Waals surface area contributed by atoms with Crippen LogP contribution in [-0.2, 0) is 9.59 Å². The lowest BCUT2D eigenvalue weighted by atomic mass is 9.93. The minimum Gasteiger partial charge on any atom is -0.497 e. The van der Waals surface area contributed by atoms with E-state index in [1.807, 2.05) is 54.8 Å². The Morgan fingerprint density at radius 3 is 2.29 bits per heavy atom. The summed E-state index contributed by atoms with van der Waals surface area (Å²) in [5.74, 6) is 0.760. The average molecular weight is 390 g/mol. The number of nitrogens with one attached hydrogen (secondary N) is 1. The molecule has 1 fully saturated rings. The van der Waals surface area contributed by atoms with Gasteiger partial charge < -0.3 is 15.0 Å². The smallest absolute Gasteiger partial charge is 0.239 e. The van der Waals surface area contributed by atoms with Crippen molar-refractivity contribution in [1.82, 2.24) is 9.80 Å². The zero-order chi connectivity index (χ0) is 20.5. The number of carbonyl (C=O) groups is 2. The summed E-state index contributed by atoms with van der Waals surface area (Å²) in [6.45, 7) is 7.51. The number of ether oxygens (including phenoxy) is 1. The molecule has 1 atom stereocenters. The average Bonchev–Trinajstić information content (AvgIpc) is 2.73. The molecular weight excluding hydrogens is 354 g/mol. The lowest BCUT2D eigenvalue weighted by molar-refractivity contribution is -0.139. The quantitative estimate of drug-likeness (QED) is 0.702. The molecule has 1 saturated carbocycles. The lowest BCUT2D eigenvalue weighted by Crippen LogP contribution is -2.52. The van der Waals surface area contributed by atoms with Gasteiger partial charge in [0.2, 0.25) is 11.8 Å². The summed E-state index contributed by atoms with van der Waals surface area (Å²) in [7, 11) is 1.61. The fourth-order valence-corrected chi connectivity index (χ4v) is 3.96. The summed E-state index contributed by atoms with van der Waals surface area (Å²) >= 11 is 0. The molecule has 0 unspecified atom stereocenters. The summed E-state index contributed by atoms with van der Waals surface area (Å²) in [4.78, 5) is 29.6. The van der Waals surface area contributed by atoms with Crippen LogP contribution in [0.25, 0.3) is 0 Å². The number of carbonyl (C=O) groups excluding carboxylic acids is 2. The van der Waals surface area contributed by atoms with Crippen LogP contribution in [0.3, 0.4) is 0 Å². The predicted molar refractivity (Wildman–Crippen MR) is 113 cm³/mol. The Labute approximate surface area is 169 Å². The number of hydrogen-bond acceptors (Lipinski definition) is 4. The number of benzene rings is 1. The third kappa shape index (κ3) is 5.96. The van der Waals surface area contributed by atoms with Gasteiger partial charge in [-0.05, 0) is 57.5 Å². The van der Waals surface area contributed by atoms with E-state index in [9.17, 15) is 9.59 Å². The van der Waals surface area contributed by atoms with Crippen LogP contribution < -0.4 is 10.1 Å². The van der Waals surface area contributed by atoms with Gasteiger partial charge in [-0.2, -0.15) is 0 Å². The Morgan fingerprint density at radius 1 is 1.11 bits per heavy atom. The lowest BCUT2D eigenvalue weighted by Gasteiger charge is -2.37. The minimum absolute atomic E-state index is 0.118. The van der Waals surface area contributed by atoms with Crippen LogP contribution in [-0.4, -0.2) is 60.4 Å². The second kappa shape index (κ2) is 11.1. The highest BCUT2D eigenvalue weighted by Crippen LogP contribution is 2.23. The minimum atomic E-state index is -0.312. The fourth-order valence-electron chi connectivity index (χ4n) is 3.96. The van der Waals surface area contributed by atoms with E-state index in [0.29, 0.717) is 12.6 Å². The van der Waals surface area contributed by atoms with Crippen LogP contribution in [0.15, 0.2) is 24.3 Å². The maximum absolute atomic E-state index is 13.1. The summed E-state index contributed by atoms with van der Waals surface area (Å²) in [5.41, 5.74) is 0.721. The van der Waals surface area contributed by atoms with Crippen LogP contribution in [0, 0.1) is 0 Å². The molecule has 0 radical (unpaired) electrons. The molecule has 0 heterocycles. The Kier molecular flexibility index (Phi) is 8.77. The van der Waals surface area contributed by atoms with Crippen molar-refractivity contribution in [2.75, 3.05) is 32.1 Å². The zero-order valence-corrected chi connectivity index (χ0v) is 17.7. The number of nitrogens with zero attached hydrogens (tertiary/aromatic N) is 2. The van der Waals surface area contributed by atoms with Crippen molar-refractivity contribution in [3.8, 4) is 5.75 Å². The molecule has 156 valence electrons. The molecule has 1 N–H and O–H groups in total. The second-order valence-electron chi connectivity index (χ2n) is 7.43. The molecule has 0 bridgehead atoms. The molecule has 1 aliphatic rings. The van der Waals surface area contributed by atoms with E-state index in [-0.39, 0.29) is 24.4 Å². The molecule has 1 aromatic carbocycles. The summed E-state index contributed by atoms with van der Waals surface area (Å²) in [5, 5.41) is 2.90. The van der Waals surface area contributed by atoms with Gasteiger partial charge in [0, 0.05) is 18.3 Å². The van der Waals surface area contributed by atoms with Gasteiger partial charge in [-0.15, -0.1) is 0 Å². The number of amides is 2. The Balaban J connectivity index is 1.95. The van der Waals surface area contributed by atoms with E-state index >= 15 is 0 Å². The monoisotopic (exact) mass is 389 g/mol. The van der Waals surface area contributed by atoms with Crippen molar-refractivity contribution >= 4 is 17.5 Å². The van der Waals surface area contributed by atoms with Gasteiger partial charge in [-0.25, -0.2) is 0 Å². The standard InChI is InChI=1S/C22H35N3O3/c1-5-24(16-21(26)23-18-12-14-20(28-4)15-13-18)17(3)22(27)25(6-2)19-10-8-7-9-11-19/h12-15,17,19H,5-11,16H2,1-4H3,(H,23,26)/t17-/m0/s1. The van der Waals surface area contributed by atoms with Gasteiger partial charge in [0.15, 0.2) is 0 Å². The number of hydrogen-bond donors (Lipinski definition) is 1. The Bertz CT molecular complexity index is 626. The maximum Gasteiger partial charge on any atom is 0.239 e. The van der Waals surface area contributed by atoms with E-state index in [4.69, 9.17) is 4.74 Å². The van der Waals surface area contributed by atoms with E-state index in [0.717, 1.165) is 30.8 Å². The highest BCUT2D eigenvalue weighted by Gasteiger charge is 2.30. The normalized spacial score (nSPS) is 15.9. The van der Waals surface area contributed by atoms with Crippen molar-refractivity contribution in [2.24, 2.45) is 0 Å². The van der Waals surface area contributed by atoms with E-state index in [2.05, 4.69) is 5.32 Å². The van der Waals surface area contributed by atoms with Gasteiger partial charge in [-0.3, -0.25) is 14.5 Å². The third-order valence-electron chi connectivity index (χ3n) is 5.67. The van der Waals surface area contributed by atoms with E-state index in [1.54, 1.807) is 7.11 Å². The first-order valence-corrected chi connectivity index (χ1v) is 10.5. The number of methoxy groups -OCH3 is 1. The Hall–Kier alpha value is -2.08. The molecule has 1 aromatic rings. The second-order valence-corrected chi connectivity index (χ2v) is 7.43. The van der Waals surface area contributed by atoms with Crippen molar-refractivity contribution in [2.45, 2.75) is 65.0 Å². The largest absolute Gasteiger partial charge is 0.497 e. The van der Waals surface area contributed by atoms with Crippen molar-refractivity contribution in [3.63, 3.8) is 0 Å². The zero-order valence-electron chi connectivity index (χ0n) is 17.7. The molecule has 0 aromatic heterocycles. The topological polar surface area (TPSA) is 61.9 Å². The summed E-state index contributed by atoms with van der Waals surface area (Å²) in [6.07, 6.45) is 5.85. The SMILES string of the molecule is CCN(C(=O)[C@H](C)N(CC)CC(=O)Nc1ccc(OC)cc1)C1CCCCC1. The summed E-state index contributed by atoms with van der Waals surface area (Å²) in [6, 6.07) is 7.27. The molecule has 0 spiro atoms. The van der Waals surface area contributed by atoms with Crippen LogP contribution in [0.1, 0.15) is 52.9 Å². The van der Waals surface area contributed by atoms with Crippen LogP contribution >= 0.6 is 0 Å². The molecule has 1 aliphatic carbocycles. The fraction of sp³-hybridized carbons (Fsp3) is 0.636. The predicted octanol–water partition coefficient (Wildman–Crippen LogP) is 3.53. The molecule has 2 rings (SSSR count). The van der Waals surface area contributed by atoms with E-state index < -0.39 is 0 Å². The van der Waals surface area contributed by atoms with Gasteiger partial charge >= 0.3 is 0 Å². The molecule has 6 heteroatoms. The number of anilines is 1. The van der Waals surface area contributed by atoms with Gasteiger partial charge in [-0.1, -0.05) is 26.2 Å². The molecule has 0 aliphatic heterocycles. The molecule has 2 amide bonds.